The van der Waals surface area contributed by atoms with Crippen LogP contribution in [0.25, 0.3) is 0 Å². The molecule has 8 nitrogen and oxygen atoms in total. The summed E-state index contributed by atoms with van der Waals surface area (Å²) in [6.45, 7) is 3.18. The predicted octanol–water partition coefficient (Wildman–Crippen LogP) is 3.30. The van der Waals surface area contributed by atoms with E-state index in [1.54, 1.807) is 43.3 Å². The van der Waals surface area contributed by atoms with Crippen LogP contribution < -0.4 is 25.2 Å². The van der Waals surface area contributed by atoms with Crippen LogP contribution in [0.5, 0.6) is 5.75 Å². The molecule has 0 aromatic heterocycles. The van der Waals surface area contributed by atoms with Crippen molar-refractivity contribution in [2.24, 2.45) is 5.73 Å². The number of aryl methyl sites for hydroxylation is 1. The number of amides is 3. The topological polar surface area (TPSA) is 96.2 Å². The van der Waals surface area contributed by atoms with Gasteiger partial charge in [-0.1, -0.05) is 42.5 Å². The minimum Gasteiger partial charge on any atom is -0.482 e. The summed E-state index contributed by atoms with van der Waals surface area (Å²) in [6.07, 6.45) is 0. The van der Waals surface area contributed by atoms with Gasteiger partial charge in [0.25, 0.3) is 5.91 Å². The standard InChI is InChI=1S/C28H32N4O4/c1-20-11-10-15-23(21(20)2)31(4)28(35)19-36-25-16-9-8-14-24(25)32(26(33)17-29)18-27(34)30(3)22-12-6-5-7-13-22/h5-16H,17-19,29H2,1-4H3. The normalized spacial score (nSPS) is 10.5. The number of nitrogens with two attached hydrogens (primary N) is 1. The number of hydrogen-bond donors (Lipinski definition) is 1. The number of benzene rings is 3. The van der Waals surface area contributed by atoms with E-state index in [0.717, 1.165) is 16.8 Å². The summed E-state index contributed by atoms with van der Waals surface area (Å²) >= 11 is 0. The smallest absolute Gasteiger partial charge is 0.264 e. The Morgan fingerprint density at radius 2 is 1.39 bits per heavy atom. The quantitative estimate of drug-likeness (QED) is 0.499. The maximum absolute atomic E-state index is 13.0. The molecule has 2 N–H and O–H groups in total. The lowest BCUT2D eigenvalue weighted by molar-refractivity contribution is -0.121. The van der Waals surface area contributed by atoms with Gasteiger partial charge in [-0.25, -0.2) is 0 Å². The zero-order valence-corrected chi connectivity index (χ0v) is 21.1. The molecule has 0 saturated heterocycles. The van der Waals surface area contributed by atoms with Crippen molar-refractivity contribution in [2.45, 2.75) is 13.8 Å². The van der Waals surface area contributed by atoms with Crippen LogP contribution in [-0.2, 0) is 14.4 Å². The van der Waals surface area contributed by atoms with E-state index in [4.69, 9.17) is 10.5 Å². The third-order valence-electron chi connectivity index (χ3n) is 6.11. The van der Waals surface area contributed by atoms with Crippen molar-refractivity contribution in [3.63, 3.8) is 0 Å². The third kappa shape index (κ3) is 6.09. The molecule has 0 atom stereocenters. The van der Waals surface area contributed by atoms with Crippen LogP contribution in [0.1, 0.15) is 11.1 Å². The number of carbonyl (C=O) groups excluding carboxylic acids is 3. The fourth-order valence-corrected chi connectivity index (χ4v) is 3.73. The fourth-order valence-electron chi connectivity index (χ4n) is 3.73. The fraction of sp³-hybridized carbons (Fsp3) is 0.250. The first kappa shape index (κ1) is 26.4. The molecule has 0 unspecified atom stereocenters. The van der Waals surface area contributed by atoms with E-state index < -0.39 is 5.91 Å². The number of ether oxygens (including phenoxy) is 1. The molecular weight excluding hydrogens is 456 g/mol. The minimum atomic E-state index is -0.445. The Morgan fingerprint density at radius 1 is 0.750 bits per heavy atom. The van der Waals surface area contributed by atoms with Gasteiger partial charge in [0.2, 0.25) is 11.8 Å². The average molecular weight is 489 g/mol. The molecule has 3 rings (SSSR count). The molecule has 0 aliphatic carbocycles. The Labute approximate surface area is 211 Å². The SMILES string of the molecule is Cc1cccc(N(C)C(=O)COc2ccccc2N(CC(=O)N(C)c2ccccc2)C(=O)CN)c1C. The molecule has 0 aliphatic heterocycles. The van der Waals surface area contributed by atoms with Crippen molar-refractivity contribution in [2.75, 3.05) is 48.5 Å². The highest BCUT2D eigenvalue weighted by molar-refractivity contribution is 6.04. The predicted molar refractivity (Wildman–Crippen MR) is 143 cm³/mol. The van der Waals surface area contributed by atoms with Gasteiger partial charge in [-0.05, 0) is 55.3 Å². The highest BCUT2D eigenvalue weighted by Gasteiger charge is 2.24. The number of hydrogen-bond acceptors (Lipinski definition) is 5. The molecule has 3 aromatic carbocycles. The number of carbonyl (C=O) groups is 3. The van der Waals surface area contributed by atoms with E-state index in [1.807, 2.05) is 62.4 Å². The molecule has 0 saturated carbocycles. The zero-order chi connectivity index (χ0) is 26.2. The van der Waals surface area contributed by atoms with Crippen molar-refractivity contribution >= 4 is 34.8 Å². The van der Waals surface area contributed by atoms with Crippen molar-refractivity contribution in [3.05, 3.63) is 83.9 Å². The summed E-state index contributed by atoms with van der Waals surface area (Å²) in [5.74, 6) is -0.699. The van der Waals surface area contributed by atoms with E-state index in [1.165, 1.54) is 9.80 Å². The Hall–Kier alpha value is -4.17. The molecule has 0 bridgehead atoms. The van der Waals surface area contributed by atoms with Gasteiger partial charge in [0.05, 0.1) is 12.2 Å². The Bertz CT molecular complexity index is 1230. The number of rotatable bonds is 9. The molecule has 3 aromatic rings. The third-order valence-corrected chi connectivity index (χ3v) is 6.11. The number of para-hydroxylation sites is 3. The van der Waals surface area contributed by atoms with Crippen LogP contribution >= 0.6 is 0 Å². The second kappa shape index (κ2) is 12.0. The first-order valence-corrected chi connectivity index (χ1v) is 11.6. The van der Waals surface area contributed by atoms with Crippen LogP contribution in [0, 0.1) is 13.8 Å². The Kier molecular flexibility index (Phi) is 8.81. The van der Waals surface area contributed by atoms with Gasteiger partial charge in [-0.3, -0.25) is 19.3 Å². The van der Waals surface area contributed by atoms with Gasteiger partial charge in [0, 0.05) is 25.5 Å². The summed E-state index contributed by atoms with van der Waals surface area (Å²) in [5.41, 5.74) is 9.61. The van der Waals surface area contributed by atoms with Gasteiger partial charge in [0.15, 0.2) is 6.61 Å². The first-order chi connectivity index (χ1) is 17.2. The molecule has 0 heterocycles. The number of anilines is 3. The molecule has 0 spiro atoms. The molecule has 36 heavy (non-hydrogen) atoms. The lowest BCUT2D eigenvalue weighted by Gasteiger charge is -2.27. The van der Waals surface area contributed by atoms with E-state index >= 15 is 0 Å². The summed E-state index contributed by atoms with van der Waals surface area (Å²) in [4.78, 5) is 43.0. The second-order valence-electron chi connectivity index (χ2n) is 8.40. The lowest BCUT2D eigenvalue weighted by Crippen LogP contribution is -2.44. The van der Waals surface area contributed by atoms with Crippen molar-refractivity contribution in [3.8, 4) is 5.75 Å². The van der Waals surface area contributed by atoms with Crippen LogP contribution in [0.2, 0.25) is 0 Å². The van der Waals surface area contributed by atoms with Gasteiger partial charge in [-0.15, -0.1) is 0 Å². The number of nitrogens with zero attached hydrogens (tertiary/aromatic N) is 3. The molecule has 0 radical (unpaired) electrons. The largest absolute Gasteiger partial charge is 0.482 e. The summed E-state index contributed by atoms with van der Waals surface area (Å²) in [5, 5.41) is 0. The second-order valence-corrected chi connectivity index (χ2v) is 8.40. The molecule has 0 fully saturated rings. The highest BCUT2D eigenvalue weighted by atomic mass is 16.5. The molecule has 188 valence electrons. The van der Waals surface area contributed by atoms with E-state index in [0.29, 0.717) is 17.1 Å². The molecular formula is C28H32N4O4. The zero-order valence-electron chi connectivity index (χ0n) is 21.1. The Balaban J connectivity index is 1.79. The van der Waals surface area contributed by atoms with Crippen molar-refractivity contribution < 1.29 is 19.1 Å². The number of likely N-dealkylation sites (N-methyl/N-ethyl adjacent to an activating group) is 2. The van der Waals surface area contributed by atoms with Gasteiger partial charge < -0.3 is 20.3 Å². The van der Waals surface area contributed by atoms with E-state index in [9.17, 15) is 14.4 Å². The summed E-state index contributed by atoms with van der Waals surface area (Å²) < 4.78 is 5.86. The highest BCUT2D eigenvalue weighted by Crippen LogP contribution is 2.29. The maximum Gasteiger partial charge on any atom is 0.264 e. The maximum atomic E-state index is 13.0. The van der Waals surface area contributed by atoms with Crippen LogP contribution in [0.4, 0.5) is 17.1 Å². The first-order valence-electron chi connectivity index (χ1n) is 11.6. The summed E-state index contributed by atoms with van der Waals surface area (Å²) in [6, 6.07) is 21.7. The molecule has 8 heteroatoms. The van der Waals surface area contributed by atoms with Crippen molar-refractivity contribution in [1.29, 1.82) is 0 Å². The Morgan fingerprint density at radius 3 is 2.08 bits per heavy atom. The van der Waals surface area contributed by atoms with Gasteiger partial charge in [0.1, 0.15) is 12.3 Å². The monoisotopic (exact) mass is 488 g/mol. The van der Waals surface area contributed by atoms with Crippen LogP contribution in [0.3, 0.4) is 0 Å². The minimum absolute atomic E-state index is 0.238. The van der Waals surface area contributed by atoms with Crippen LogP contribution in [-0.4, -0.2) is 51.5 Å². The van der Waals surface area contributed by atoms with Gasteiger partial charge in [-0.2, -0.15) is 0 Å². The molecule has 3 amide bonds. The lowest BCUT2D eigenvalue weighted by atomic mass is 10.1. The van der Waals surface area contributed by atoms with E-state index in [2.05, 4.69) is 0 Å². The average Bonchev–Trinajstić information content (AvgIpc) is 2.91. The van der Waals surface area contributed by atoms with E-state index in [-0.39, 0.29) is 31.5 Å². The van der Waals surface area contributed by atoms with Crippen molar-refractivity contribution in [1.82, 2.24) is 0 Å². The van der Waals surface area contributed by atoms with Crippen LogP contribution in [0.15, 0.2) is 72.8 Å². The molecule has 0 aliphatic rings. The summed E-state index contributed by atoms with van der Waals surface area (Å²) in [7, 11) is 3.34. The van der Waals surface area contributed by atoms with Gasteiger partial charge >= 0.3 is 0 Å².